The average Bonchev–Trinajstić information content (AvgIpc) is 2.97. The first kappa shape index (κ1) is 17.7. The van der Waals surface area contributed by atoms with E-state index in [1.165, 1.54) is 0 Å². The summed E-state index contributed by atoms with van der Waals surface area (Å²) < 4.78 is 0.442. The Morgan fingerprint density at radius 2 is 1.50 bits per heavy atom. The van der Waals surface area contributed by atoms with Crippen LogP contribution in [0.3, 0.4) is 0 Å². The zero-order valence-corrected chi connectivity index (χ0v) is 12.0. The second-order valence-electron chi connectivity index (χ2n) is 4.32. The van der Waals surface area contributed by atoms with Crippen molar-refractivity contribution in [1.82, 2.24) is 9.55 Å². The van der Waals surface area contributed by atoms with Gasteiger partial charge in [-0.1, -0.05) is 0 Å². The van der Waals surface area contributed by atoms with E-state index in [-0.39, 0.29) is 0 Å². The summed E-state index contributed by atoms with van der Waals surface area (Å²) in [6.07, 6.45) is 0.547. The third-order valence-corrected chi connectivity index (χ3v) is 2.90. The minimum atomic E-state index is -1.17. The average molecular weight is 365 g/mol. The van der Waals surface area contributed by atoms with Crippen molar-refractivity contribution >= 4 is 28.8 Å². The van der Waals surface area contributed by atoms with E-state index in [1.807, 2.05) is 0 Å². The van der Waals surface area contributed by atoms with Gasteiger partial charge in [-0.05, 0) is 15.4 Å². The van der Waals surface area contributed by atoms with Crippen molar-refractivity contribution in [3.63, 3.8) is 0 Å². The third kappa shape index (κ3) is 3.03. The molecule has 0 aliphatic heterocycles. The summed E-state index contributed by atoms with van der Waals surface area (Å²) in [6, 6.07) is 0.849. The lowest BCUT2D eigenvalue weighted by molar-refractivity contribution is -0.402. The quantitative estimate of drug-likeness (QED) is 0.239. The fourth-order valence-corrected chi connectivity index (χ4v) is 1.94. The molecule has 0 unspecified atom stereocenters. The molecule has 0 spiro atoms. The predicted octanol–water partition coefficient (Wildman–Crippen LogP) is 2.45. The van der Waals surface area contributed by atoms with Gasteiger partial charge in [0.25, 0.3) is 5.69 Å². The molecule has 0 radical (unpaired) electrons. The number of hydrogen-bond donors (Lipinski definition) is 0. The van der Waals surface area contributed by atoms with Crippen LogP contribution in [0.5, 0.6) is 0 Å². The van der Waals surface area contributed by atoms with Gasteiger partial charge in [0.15, 0.2) is 0 Å². The van der Waals surface area contributed by atoms with E-state index in [1.54, 1.807) is 0 Å². The Balaban J connectivity index is 2.99. The van der Waals surface area contributed by atoms with Gasteiger partial charge in [0, 0.05) is 10.0 Å². The molecule has 1 aromatic carbocycles. The molecule has 26 heavy (non-hydrogen) atoms. The van der Waals surface area contributed by atoms with Gasteiger partial charge in [-0.3, -0.25) is 34.9 Å². The van der Waals surface area contributed by atoms with Gasteiger partial charge >= 0.3 is 23.1 Å². The molecule has 0 amide bonds. The number of rotatable bonds is 6. The Bertz CT molecular complexity index is 985. The van der Waals surface area contributed by atoms with Crippen LogP contribution in [0, 0.1) is 40.5 Å². The second-order valence-corrected chi connectivity index (χ2v) is 4.32. The third-order valence-electron chi connectivity index (χ3n) is 2.90. The van der Waals surface area contributed by atoms with Gasteiger partial charge in [-0.25, -0.2) is 0 Å². The van der Waals surface area contributed by atoms with Gasteiger partial charge in [-0.15, -0.1) is 0 Å². The molecule has 0 saturated heterocycles. The number of non-ortho nitro benzene ring substituents is 1. The first-order chi connectivity index (χ1) is 12.2. The minimum absolute atomic E-state index is 0.425. The molecule has 132 valence electrons. The van der Waals surface area contributed by atoms with Gasteiger partial charge < -0.3 is 10.1 Å². The largest absolute Gasteiger partial charge is 0.382 e. The number of azide groups is 1. The van der Waals surface area contributed by atoms with Crippen molar-refractivity contribution in [3.05, 3.63) is 69.2 Å². The molecule has 0 bridgehead atoms. The number of benzene rings is 1. The molecule has 2 rings (SSSR count). The number of nitro benzene ring substituents is 3. The number of nitrogens with zero attached hydrogens (tertiary/aromatic N) is 9. The monoisotopic (exact) mass is 365 g/mol. The standard InChI is InChI=1S/C9H3N9O8/c10-13-12-9-11-7(18(25)26)3-14(9)8-5(16(21)22)1-4(15(19)20)2-6(8)17(23)24/h1-3H. The number of nitro groups is 4. The van der Waals surface area contributed by atoms with E-state index < -0.39 is 54.2 Å². The van der Waals surface area contributed by atoms with E-state index in [9.17, 15) is 40.5 Å². The first-order valence-electron chi connectivity index (χ1n) is 6.07. The molecular weight excluding hydrogens is 362 g/mol. The maximum atomic E-state index is 11.2. The Hall–Kier alpha value is -4.66. The van der Waals surface area contributed by atoms with Crippen LogP contribution in [-0.4, -0.2) is 29.2 Å². The Labute approximate surface area is 139 Å². The zero-order chi connectivity index (χ0) is 19.6. The Morgan fingerprint density at radius 3 is 1.88 bits per heavy atom. The van der Waals surface area contributed by atoms with Crippen LogP contribution in [0.1, 0.15) is 0 Å². The maximum absolute atomic E-state index is 11.2. The molecule has 1 heterocycles. The summed E-state index contributed by atoms with van der Waals surface area (Å²) >= 11 is 0. The fourth-order valence-electron chi connectivity index (χ4n) is 1.94. The van der Waals surface area contributed by atoms with Crippen molar-refractivity contribution in [2.75, 3.05) is 0 Å². The Morgan fingerprint density at radius 1 is 0.962 bits per heavy atom. The van der Waals surface area contributed by atoms with E-state index in [0.29, 0.717) is 22.9 Å². The van der Waals surface area contributed by atoms with Crippen LogP contribution >= 0.6 is 0 Å². The number of aromatic nitrogens is 2. The lowest BCUT2D eigenvalue weighted by atomic mass is 10.2. The minimum Gasteiger partial charge on any atom is -0.358 e. The normalized spacial score (nSPS) is 10.0. The van der Waals surface area contributed by atoms with E-state index in [2.05, 4.69) is 15.0 Å². The van der Waals surface area contributed by atoms with Crippen LogP contribution in [0.25, 0.3) is 16.1 Å². The highest BCUT2D eigenvalue weighted by molar-refractivity contribution is 5.71. The first-order valence-corrected chi connectivity index (χ1v) is 6.07. The molecule has 1 aromatic heterocycles. The molecule has 2 aromatic rings. The summed E-state index contributed by atoms with van der Waals surface area (Å²) in [7, 11) is 0. The van der Waals surface area contributed by atoms with Crippen molar-refractivity contribution < 1.29 is 19.7 Å². The highest BCUT2D eigenvalue weighted by Gasteiger charge is 2.35. The molecular formula is C9H3N9O8. The number of hydrogen-bond acceptors (Lipinski definition) is 10. The van der Waals surface area contributed by atoms with Crippen LogP contribution in [0.15, 0.2) is 23.4 Å². The van der Waals surface area contributed by atoms with Crippen LogP contribution in [0.2, 0.25) is 0 Å². The van der Waals surface area contributed by atoms with Crippen LogP contribution < -0.4 is 0 Å². The lowest BCUT2D eigenvalue weighted by Gasteiger charge is -2.05. The summed E-state index contributed by atoms with van der Waals surface area (Å²) in [6.45, 7) is 0. The van der Waals surface area contributed by atoms with Crippen LogP contribution in [0.4, 0.5) is 28.8 Å². The van der Waals surface area contributed by atoms with Crippen molar-refractivity contribution in [3.8, 4) is 5.69 Å². The van der Waals surface area contributed by atoms with Crippen molar-refractivity contribution in [2.45, 2.75) is 0 Å². The van der Waals surface area contributed by atoms with Gasteiger partial charge in [0.05, 0.1) is 26.9 Å². The molecule has 0 fully saturated rings. The van der Waals surface area contributed by atoms with E-state index >= 15 is 0 Å². The van der Waals surface area contributed by atoms with Crippen molar-refractivity contribution in [1.29, 1.82) is 0 Å². The molecule has 17 heteroatoms. The SMILES string of the molecule is [N-]=[N+]=Nc1nc([N+](=O)[O-])cn1-c1c([N+](=O)[O-])cc([N+](=O)[O-])cc1[N+](=O)[O-]. The highest BCUT2D eigenvalue weighted by atomic mass is 16.6. The molecule has 0 atom stereocenters. The van der Waals surface area contributed by atoms with E-state index in [0.717, 1.165) is 0 Å². The van der Waals surface area contributed by atoms with Gasteiger partial charge in [0.1, 0.15) is 6.20 Å². The van der Waals surface area contributed by atoms with Gasteiger partial charge in [0.2, 0.25) is 5.69 Å². The summed E-state index contributed by atoms with van der Waals surface area (Å²) in [4.78, 5) is 45.3. The topological polar surface area (TPSA) is 239 Å². The van der Waals surface area contributed by atoms with Crippen LogP contribution in [-0.2, 0) is 0 Å². The highest BCUT2D eigenvalue weighted by Crippen LogP contribution is 2.39. The molecule has 0 saturated carbocycles. The summed E-state index contributed by atoms with van der Waals surface area (Å²) in [5.41, 5.74) is 4.41. The predicted molar refractivity (Wildman–Crippen MR) is 79.0 cm³/mol. The molecule has 0 aliphatic carbocycles. The molecule has 17 nitrogen and oxygen atoms in total. The smallest absolute Gasteiger partial charge is 0.358 e. The van der Waals surface area contributed by atoms with Gasteiger partial charge in [-0.2, -0.15) is 0 Å². The Kier molecular flexibility index (Phi) is 4.39. The van der Waals surface area contributed by atoms with E-state index in [4.69, 9.17) is 5.53 Å². The zero-order valence-electron chi connectivity index (χ0n) is 12.0. The van der Waals surface area contributed by atoms with Crippen molar-refractivity contribution in [2.24, 2.45) is 5.11 Å². The summed E-state index contributed by atoms with van der Waals surface area (Å²) in [5.74, 6) is -1.73. The molecule has 0 aliphatic rings. The lowest BCUT2D eigenvalue weighted by Crippen LogP contribution is -2.05. The number of imidazole rings is 1. The second kappa shape index (κ2) is 6.45. The maximum Gasteiger partial charge on any atom is 0.382 e. The molecule has 0 N–H and O–H groups in total. The fraction of sp³-hybridized carbons (Fsp3) is 0. The summed E-state index contributed by atoms with van der Waals surface area (Å²) in [5, 5.41) is 47.1.